The first-order valence-corrected chi connectivity index (χ1v) is 11.2. The normalized spacial score (nSPS) is 14.9. The van der Waals surface area contributed by atoms with Crippen LogP contribution in [-0.4, -0.2) is 31.2 Å². The number of ether oxygens (including phenoxy) is 1. The quantitative estimate of drug-likeness (QED) is 0.515. The fourth-order valence-electron chi connectivity index (χ4n) is 3.91. The van der Waals surface area contributed by atoms with E-state index >= 15 is 0 Å². The molecule has 1 heterocycles. The molecule has 2 N–H and O–H groups in total. The highest BCUT2D eigenvalue weighted by atomic mass is 19.1. The highest BCUT2D eigenvalue weighted by Crippen LogP contribution is 2.29. The lowest BCUT2D eigenvalue weighted by Gasteiger charge is -2.15. The van der Waals surface area contributed by atoms with Crippen LogP contribution in [0.25, 0.3) is 11.1 Å². The van der Waals surface area contributed by atoms with E-state index in [0.29, 0.717) is 29.9 Å². The molecule has 2 amide bonds. The van der Waals surface area contributed by atoms with Crippen LogP contribution in [0.15, 0.2) is 66.7 Å². The highest BCUT2D eigenvalue weighted by Gasteiger charge is 2.32. The lowest BCUT2D eigenvalue weighted by Crippen LogP contribution is -2.33. The second kappa shape index (κ2) is 10.8. The summed E-state index contributed by atoms with van der Waals surface area (Å²) in [6.07, 6.45) is -1.05. The molecule has 1 atom stereocenters. The number of nitriles is 1. The van der Waals surface area contributed by atoms with Gasteiger partial charge in [-0.3, -0.25) is 9.69 Å². The van der Waals surface area contributed by atoms with Gasteiger partial charge in [0.05, 0.1) is 30.4 Å². The third-order valence-corrected chi connectivity index (χ3v) is 5.70. The predicted octanol–water partition coefficient (Wildman–Crippen LogP) is 4.12. The molecule has 0 unspecified atom stereocenters. The zero-order chi connectivity index (χ0) is 24.8. The number of amides is 2. The standard InChI is InChI=1S/C27H25FN4O3/c1-18(33)31-16-24-17-32(27(34)35-24)23-9-10-25(26(28)12-23)22-7-5-19(6-8-22)14-30-15-21-4-2-3-20(11-21)13-29/h2-12,24,30H,14-17H2,1H3,(H,31,33)/t24-/m0/s1. The van der Waals surface area contributed by atoms with E-state index in [2.05, 4.69) is 16.7 Å². The molecule has 1 aliphatic rings. The Morgan fingerprint density at radius 3 is 2.60 bits per heavy atom. The van der Waals surface area contributed by atoms with Crippen molar-refractivity contribution in [2.45, 2.75) is 26.1 Å². The molecule has 35 heavy (non-hydrogen) atoms. The number of halogens is 1. The molecule has 0 aliphatic carbocycles. The van der Waals surface area contributed by atoms with Crippen molar-refractivity contribution >= 4 is 17.7 Å². The van der Waals surface area contributed by atoms with E-state index in [-0.39, 0.29) is 19.0 Å². The third-order valence-electron chi connectivity index (χ3n) is 5.70. The average molecular weight is 473 g/mol. The van der Waals surface area contributed by atoms with Gasteiger partial charge in [0.25, 0.3) is 0 Å². The molecule has 7 nitrogen and oxygen atoms in total. The van der Waals surface area contributed by atoms with Gasteiger partial charge in [0.2, 0.25) is 5.91 Å². The highest BCUT2D eigenvalue weighted by molar-refractivity contribution is 5.90. The van der Waals surface area contributed by atoms with Gasteiger partial charge in [-0.05, 0) is 47.0 Å². The Labute approximate surface area is 203 Å². The number of cyclic esters (lactones) is 1. The monoisotopic (exact) mass is 472 g/mol. The molecule has 1 saturated heterocycles. The van der Waals surface area contributed by atoms with E-state index in [4.69, 9.17) is 10.00 Å². The Bertz CT molecular complexity index is 1270. The van der Waals surface area contributed by atoms with Crippen molar-refractivity contribution in [1.29, 1.82) is 5.26 Å². The summed E-state index contributed by atoms with van der Waals surface area (Å²) in [5, 5.41) is 15.0. The van der Waals surface area contributed by atoms with Gasteiger partial charge in [0.15, 0.2) is 0 Å². The van der Waals surface area contributed by atoms with Crippen molar-refractivity contribution in [3.63, 3.8) is 0 Å². The predicted molar refractivity (Wildman–Crippen MR) is 130 cm³/mol. The molecule has 0 saturated carbocycles. The summed E-state index contributed by atoms with van der Waals surface area (Å²) in [4.78, 5) is 24.6. The van der Waals surface area contributed by atoms with Crippen LogP contribution in [0.4, 0.5) is 14.9 Å². The molecule has 1 fully saturated rings. The third kappa shape index (κ3) is 6.02. The van der Waals surface area contributed by atoms with Crippen molar-refractivity contribution < 1.29 is 18.7 Å². The number of nitrogens with zero attached hydrogens (tertiary/aromatic N) is 2. The lowest BCUT2D eigenvalue weighted by atomic mass is 10.0. The van der Waals surface area contributed by atoms with Crippen molar-refractivity contribution in [3.05, 3.63) is 89.2 Å². The summed E-state index contributed by atoms with van der Waals surface area (Å²) in [5.74, 6) is -0.647. The van der Waals surface area contributed by atoms with Crippen LogP contribution in [0.1, 0.15) is 23.6 Å². The summed E-state index contributed by atoms with van der Waals surface area (Å²) >= 11 is 0. The van der Waals surface area contributed by atoms with Crippen LogP contribution in [0, 0.1) is 17.1 Å². The minimum Gasteiger partial charge on any atom is -0.442 e. The van der Waals surface area contributed by atoms with Gasteiger partial charge in [-0.15, -0.1) is 0 Å². The fraction of sp³-hybridized carbons (Fsp3) is 0.222. The van der Waals surface area contributed by atoms with Crippen LogP contribution >= 0.6 is 0 Å². The Hall–Kier alpha value is -4.22. The van der Waals surface area contributed by atoms with Gasteiger partial charge in [0.1, 0.15) is 11.9 Å². The molecular weight excluding hydrogens is 447 g/mol. The summed E-state index contributed by atoms with van der Waals surface area (Å²) in [5.41, 5.74) is 4.28. The number of anilines is 1. The van der Waals surface area contributed by atoms with E-state index < -0.39 is 18.0 Å². The lowest BCUT2D eigenvalue weighted by molar-refractivity contribution is -0.119. The first kappa shape index (κ1) is 23.9. The number of nitrogens with one attached hydrogen (secondary N) is 2. The molecule has 8 heteroatoms. The van der Waals surface area contributed by atoms with Crippen molar-refractivity contribution in [3.8, 4) is 17.2 Å². The van der Waals surface area contributed by atoms with E-state index in [9.17, 15) is 14.0 Å². The van der Waals surface area contributed by atoms with Crippen LogP contribution in [0.3, 0.4) is 0 Å². The summed E-state index contributed by atoms with van der Waals surface area (Å²) in [6.45, 7) is 3.11. The van der Waals surface area contributed by atoms with Crippen LogP contribution in [0.2, 0.25) is 0 Å². The topological polar surface area (TPSA) is 94.5 Å². The Kier molecular flexibility index (Phi) is 7.38. The molecule has 0 radical (unpaired) electrons. The summed E-state index contributed by atoms with van der Waals surface area (Å²) in [6, 6.07) is 21.8. The molecule has 3 aromatic carbocycles. The number of hydrogen-bond acceptors (Lipinski definition) is 5. The largest absolute Gasteiger partial charge is 0.442 e. The number of benzene rings is 3. The second-order valence-electron chi connectivity index (χ2n) is 8.33. The molecular formula is C27H25FN4O3. The maximum absolute atomic E-state index is 14.9. The average Bonchev–Trinajstić information content (AvgIpc) is 3.24. The first-order chi connectivity index (χ1) is 16.9. The van der Waals surface area contributed by atoms with Gasteiger partial charge in [-0.1, -0.05) is 36.4 Å². The minimum atomic E-state index is -0.566. The van der Waals surface area contributed by atoms with Crippen LogP contribution in [-0.2, 0) is 22.6 Å². The number of carbonyl (C=O) groups excluding carboxylic acids is 2. The van der Waals surface area contributed by atoms with Gasteiger partial charge in [-0.25, -0.2) is 9.18 Å². The van der Waals surface area contributed by atoms with Gasteiger partial charge < -0.3 is 15.4 Å². The van der Waals surface area contributed by atoms with Crippen LogP contribution in [0.5, 0.6) is 0 Å². The Balaban J connectivity index is 1.36. The second-order valence-corrected chi connectivity index (χ2v) is 8.33. The van der Waals surface area contributed by atoms with Crippen molar-refractivity contribution in [1.82, 2.24) is 10.6 Å². The number of rotatable bonds is 8. The summed E-state index contributed by atoms with van der Waals surface area (Å²) < 4.78 is 20.2. The van der Waals surface area contributed by atoms with E-state index in [1.54, 1.807) is 18.2 Å². The maximum atomic E-state index is 14.9. The SMILES string of the molecule is CC(=O)NC[C@H]1CN(c2ccc(-c3ccc(CNCc4cccc(C#N)c4)cc3)c(F)c2)C(=O)O1. The summed E-state index contributed by atoms with van der Waals surface area (Å²) in [7, 11) is 0. The zero-order valence-electron chi connectivity index (χ0n) is 19.3. The zero-order valence-corrected chi connectivity index (χ0v) is 19.3. The molecule has 178 valence electrons. The van der Waals surface area contributed by atoms with Gasteiger partial charge in [0, 0.05) is 25.6 Å². The van der Waals surface area contributed by atoms with Crippen LogP contribution < -0.4 is 15.5 Å². The van der Waals surface area contributed by atoms with Crippen molar-refractivity contribution in [2.24, 2.45) is 0 Å². The van der Waals surface area contributed by atoms with E-state index in [1.165, 1.54) is 17.9 Å². The maximum Gasteiger partial charge on any atom is 0.414 e. The minimum absolute atomic E-state index is 0.206. The van der Waals surface area contributed by atoms with Gasteiger partial charge >= 0.3 is 6.09 Å². The van der Waals surface area contributed by atoms with E-state index in [0.717, 1.165) is 16.7 Å². The number of carbonyl (C=O) groups is 2. The molecule has 3 aromatic rings. The Morgan fingerprint density at radius 2 is 1.89 bits per heavy atom. The fourth-order valence-corrected chi connectivity index (χ4v) is 3.91. The van der Waals surface area contributed by atoms with Crippen molar-refractivity contribution in [2.75, 3.05) is 18.0 Å². The molecule has 0 spiro atoms. The molecule has 1 aliphatic heterocycles. The number of hydrogen-bond donors (Lipinski definition) is 2. The molecule has 0 bridgehead atoms. The Morgan fingerprint density at radius 1 is 1.11 bits per heavy atom. The van der Waals surface area contributed by atoms with Gasteiger partial charge in [-0.2, -0.15) is 5.26 Å². The molecule has 4 rings (SSSR count). The van der Waals surface area contributed by atoms with E-state index in [1.807, 2.05) is 42.5 Å². The smallest absolute Gasteiger partial charge is 0.414 e. The molecule has 0 aromatic heterocycles. The first-order valence-electron chi connectivity index (χ1n) is 11.2.